The number of carbonyl (C=O) groups is 1. The number of fused-ring (bicyclic) bond motifs is 1. The summed E-state index contributed by atoms with van der Waals surface area (Å²) in [5, 5.41) is 18.5. The van der Waals surface area contributed by atoms with Gasteiger partial charge >= 0.3 is 6.18 Å². The first kappa shape index (κ1) is 17.8. The zero-order valence-corrected chi connectivity index (χ0v) is 13.6. The van der Waals surface area contributed by atoms with E-state index in [1.54, 1.807) is 0 Å². The summed E-state index contributed by atoms with van der Waals surface area (Å²) in [6.45, 7) is 0. The highest BCUT2D eigenvalue weighted by Gasteiger charge is 2.39. The molecule has 2 aromatic carbocycles. The van der Waals surface area contributed by atoms with Crippen LogP contribution in [-0.2, 0) is 16.0 Å². The Morgan fingerprint density at radius 2 is 1.88 bits per heavy atom. The van der Waals surface area contributed by atoms with Crippen molar-refractivity contribution in [2.75, 3.05) is 10.8 Å². The second kappa shape index (κ2) is 5.74. The molecular weight excluding hydrogens is 373 g/mol. The van der Waals surface area contributed by atoms with Crippen LogP contribution < -0.4 is 4.90 Å². The summed E-state index contributed by atoms with van der Waals surface area (Å²) >= 11 is 0. The molecule has 0 saturated heterocycles. The lowest BCUT2D eigenvalue weighted by Gasteiger charge is -2.18. The van der Waals surface area contributed by atoms with Crippen LogP contribution in [0.3, 0.4) is 0 Å². The monoisotopic (exact) mass is 382 g/mol. The highest BCUT2D eigenvalue weighted by atomic mass is 32.2. The molecule has 1 aliphatic rings. The molecule has 0 unspecified atom stereocenters. The Labute approximate surface area is 145 Å². The summed E-state index contributed by atoms with van der Waals surface area (Å²) in [5.41, 5.74) is -2.80. The van der Waals surface area contributed by atoms with E-state index in [0.717, 1.165) is 11.0 Å². The molecule has 3 rings (SSSR count). The Kier molecular flexibility index (Phi) is 3.92. The van der Waals surface area contributed by atoms with E-state index < -0.39 is 50.2 Å². The summed E-state index contributed by atoms with van der Waals surface area (Å²) in [6.07, 6.45) is -5.00. The molecule has 0 fully saturated rings. The van der Waals surface area contributed by atoms with Crippen LogP contribution in [-0.4, -0.2) is 25.3 Å². The van der Waals surface area contributed by atoms with E-state index in [9.17, 15) is 31.5 Å². The Morgan fingerprint density at radius 1 is 1.23 bits per heavy atom. The van der Waals surface area contributed by atoms with Gasteiger partial charge in [0.25, 0.3) is 5.91 Å². The fourth-order valence-electron chi connectivity index (χ4n) is 2.64. The summed E-state index contributed by atoms with van der Waals surface area (Å²) in [4.78, 5) is 13.4. The molecule has 6 nitrogen and oxygen atoms in total. The van der Waals surface area contributed by atoms with Crippen LogP contribution in [0.4, 0.5) is 18.9 Å². The lowest BCUT2D eigenvalue weighted by molar-refractivity contribution is -0.138. The number of sulfone groups is 1. The van der Waals surface area contributed by atoms with Crippen molar-refractivity contribution in [3.8, 4) is 11.8 Å². The van der Waals surface area contributed by atoms with Crippen molar-refractivity contribution < 1.29 is 31.5 Å². The van der Waals surface area contributed by atoms with Gasteiger partial charge in [-0.25, -0.2) is 8.42 Å². The number of carbonyl (C=O) groups excluding carboxylic acids is 1. The second-order valence-corrected chi connectivity index (χ2v) is 7.40. The van der Waals surface area contributed by atoms with E-state index >= 15 is 0 Å². The molecule has 1 N–H and O–H groups in total. The maximum atomic E-state index is 13.1. The van der Waals surface area contributed by atoms with Crippen molar-refractivity contribution in [1.29, 1.82) is 5.26 Å². The molecule has 1 aliphatic heterocycles. The van der Waals surface area contributed by atoms with Gasteiger partial charge in [0.05, 0.1) is 21.7 Å². The normalized spacial score (nSPS) is 15.4. The van der Waals surface area contributed by atoms with Gasteiger partial charge in [-0.05, 0) is 24.3 Å². The zero-order valence-electron chi connectivity index (χ0n) is 12.8. The maximum Gasteiger partial charge on any atom is 0.420 e. The Morgan fingerprint density at radius 3 is 2.50 bits per heavy atom. The number of phenols is 1. The molecule has 2 aromatic rings. The minimum atomic E-state index is -5.00. The van der Waals surface area contributed by atoms with Gasteiger partial charge in [0.2, 0.25) is 0 Å². The summed E-state index contributed by atoms with van der Waals surface area (Å²) in [6, 6.07) is 8.16. The Bertz CT molecular complexity index is 1070. The Hall–Kier alpha value is -3.06. The average molecular weight is 382 g/mol. The van der Waals surface area contributed by atoms with Crippen LogP contribution in [0.25, 0.3) is 0 Å². The zero-order chi connectivity index (χ0) is 19.3. The number of nitrogens with zero attached hydrogens (tertiary/aromatic N) is 2. The highest BCUT2D eigenvalue weighted by molar-refractivity contribution is 7.92. The van der Waals surface area contributed by atoms with Gasteiger partial charge in [0.15, 0.2) is 9.84 Å². The molecular formula is C16H9F3N2O4S. The smallest absolute Gasteiger partial charge is 0.420 e. The van der Waals surface area contributed by atoms with Crippen molar-refractivity contribution in [3.63, 3.8) is 0 Å². The fraction of sp³-hybridized carbons (Fsp3) is 0.125. The van der Waals surface area contributed by atoms with E-state index in [1.807, 2.05) is 0 Å². The second-order valence-electron chi connectivity index (χ2n) is 5.47. The quantitative estimate of drug-likeness (QED) is 0.818. The minimum absolute atomic E-state index is 0.0395. The number of phenolic OH excluding ortho intramolecular Hbond substituents is 1. The first-order valence-electron chi connectivity index (χ1n) is 7.04. The van der Waals surface area contributed by atoms with Gasteiger partial charge < -0.3 is 5.11 Å². The van der Waals surface area contributed by atoms with Crippen LogP contribution in [0, 0.1) is 11.3 Å². The van der Waals surface area contributed by atoms with Crippen molar-refractivity contribution in [3.05, 3.63) is 53.1 Å². The summed E-state index contributed by atoms with van der Waals surface area (Å²) in [5.74, 6) is -3.04. The van der Waals surface area contributed by atoms with E-state index in [-0.39, 0.29) is 10.6 Å². The van der Waals surface area contributed by atoms with Crippen LogP contribution in [0.5, 0.6) is 5.75 Å². The number of aromatic hydroxyl groups is 1. The van der Waals surface area contributed by atoms with Gasteiger partial charge in [0, 0.05) is 5.56 Å². The molecule has 0 bridgehead atoms. The molecule has 1 amide bonds. The SMILES string of the molecule is N#Cc1cc(C(=O)N2CS(=O)(=O)c3ccccc32)cc(C(F)(F)F)c1O. The predicted octanol–water partition coefficient (Wildman–Crippen LogP) is 2.67. The number of nitriles is 1. The molecule has 134 valence electrons. The summed E-state index contributed by atoms with van der Waals surface area (Å²) < 4.78 is 63.4. The van der Waals surface area contributed by atoms with Gasteiger partial charge in [-0.15, -0.1) is 0 Å². The maximum absolute atomic E-state index is 13.1. The van der Waals surface area contributed by atoms with Gasteiger partial charge in [-0.1, -0.05) is 12.1 Å². The molecule has 0 spiro atoms. The number of hydrogen-bond acceptors (Lipinski definition) is 5. The number of hydrogen-bond donors (Lipinski definition) is 1. The lowest BCUT2D eigenvalue weighted by Crippen LogP contribution is -2.30. The third-order valence-corrected chi connectivity index (χ3v) is 5.43. The van der Waals surface area contributed by atoms with Crippen molar-refractivity contribution in [2.45, 2.75) is 11.1 Å². The topological polar surface area (TPSA) is 98.5 Å². The standard InChI is InChI=1S/C16H9F3N2O4S/c17-16(18,19)11-6-9(5-10(7-20)14(11)22)15(23)21-8-26(24,25)13-4-2-1-3-12(13)21/h1-6,22H,8H2. The fourth-order valence-corrected chi connectivity index (χ4v) is 4.15. The third kappa shape index (κ3) is 2.76. The lowest BCUT2D eigenvalue weighted by atomic mass is 10.0. The number of alkyl halides is 3. The van der Waals surface area contributed by atoms with Crippen molar-refractivity contribution >= 4 is 21.4 Å². The van der Waals surface area contributed by atoms with Crippen molar-refractivity contribution in [1.82, 2.24) is 0 Å². The number of halogens is 3. The number of amides is 1. The number of para-hydroxylation sites is 1. The minimum Gasteiger partial charge on any atom is -0.506 e. The van der Waals surface area contributed by atoms with Crippen molar-refractivity contribution in [2.24, 2.45) is 0 Å². The van der Waals surface area contributed by atoms with E-state index in [0.29, 0.717) is 6.07 Å². The molecule has 0 saturated carbocycles. The number of rotatable bonds is 1. The van der Waals surface area contributed by atoms with Gasteiger partial charge in [-0.2, -0.15) is 18.4 Å². The number of anilines is 1. The first-order valence-corrected chi connectivity index (χ1v) is 8.69. The first-order chi connectivity index (χ1) is 12.1. The molecule has 10 heteroatoms. The van der Waals surface area contributed by atoms with E-state index in [4.69, 9.17) is 5.26 Å². The third-order valence-electron chi connectivity index (χ3n) is 3.82. The van der Waals surface area contributed by atoms with Gasteiger partial charge in [-0.3, -0.25) is 9.69 Å². The van der Waals surface area contributed by atoms with Crippen LogP contribution in [0.1, 0.15) is 21.5 Å². The predicted molar refractivity (Wildman–Crippen MR) is 83.1 cm³/mol. The molecule has 26 heavy (non-hydrogen) atoms. The Balaban J connectivity index is 2.15. The molecule has 0 atom stereocenters. The van der Waals surface area contributed by atoms with Crippen LogP contribution >= 0.6 is 0 Å². The molecule has 0 radical (unpaired) electrons. The molecule has 0 aromatic heterocycles. The number of benzene rings is 2. The summed E-state index contributed by atoms with van der Waals surface area (Å²) in [7, 11) is -3.80. The molecule has 0 aliphatic carbocycles. The molecule has 1 heterocycles. The van der Waals surface area contributed by atoms with Crippen LogP contribution in [0.15, 0.2) is 41.3 Å². The van der Waals surface area contributed by atoms with Gasteiger partial charge in [0.1, 0.15) is 17.7 Å². The van der Waals surface area contributed by atoms with E-state index in [2.05, 4.69) is 0 Å². The highest BCUT2D eigenvalue weighted by Crippen LogP contribution is 2.40. The largest absolute Gasteiger partial charge is 0.506 e. The van der Waals surface area contributed by atoms with Crippen LogP contribution in [0.2, 0.25) is 0 Å². The average Bonchev–Trinajstić information content (AvgIpc) is 2.85. The van der Waals surface area contributed by atoms with E-state index in [1.165, 1.54) is 30.3 Å².